The van der Waals surface area contributed by atoms with Gasteiger partial charge in [0.25, 0.3) is 0 Å². The first kappa shape index (κ1) is 17.1. The molecule has 0 bridgehead atoms. The van der Waals surface area contributed by atoms with Crippen molar-refractivity contribution in [2.45, 2.75) is 49.3 Å². The van der Waals surface area contributed by atoms with E-state index in [1.807, 2.05) is 0 Å². The Morgan fingerprint density at radius 3 is 2.91 bits per heavy atom. The minimum Gasteiger partial charge on any atom is -0.480 e. The Balaban J connectivity index is 1.93. The van der Waals surface area contributed by atoms with Gasteiger partial charge in [0, 0.05) is 24.4 Å². The maximum Gasteiger partial charge on any atom is 0.322 e. The molecule has 4 unspecified atom stereocenters. The van der Waals surface area contributed by atoms with Crippen LogP contribution in [0.3, 0.4) is 0 Å². The summed E-state index contributed by atoms with van der Waals surface area (Å²) in [4.78, 5) is 25.3. The van der Waals surface area contributed by atoms with E-state index in [4.69, 9.17) is 10.8 Å². The van der Waals surface area contributed by atoms with E-state index >= 15 is 0 Å². The summed E-state index contributed by atoms with van der Waals surface area (Å²) in [7, 11) is 0. The number of nitrogens with zero attached hydrogens (tertiary/aromatic N) is 1. The van der Waals surface area contributed by atoms with Crippen LogP contribution in [0.15, 0.2) is 12.3 Å². The standard InChI is InChI=1S/C15H25N3O3S/c1-3-5-18-6-4-9(2)13-11(18)7-12(22-13)14(19)17-8-10(16)15(20)21/h4,6,9-13H,3,5,7-8,16H2,1-2H3,(H,17,19)(H,20,21)/t9?,10-,11?,12?,13?/m1/s1. The molecule has 1 amide bonds. The highest BCUT2D eigenvalue weighted by Crippen LogP contribution is 2.43. The third-order valence-corrected chi connectivity index (χ3v) is 6.06. The van der Waals surface area contributed by atoms with E-state index in [1.54, 1.807) is 11.8 Å². The van der Waals surface area contributed by atoms with Crippen LogP contribution in [0, 0.1) is 5.92 Å². The third kappa shape index (κ3) is 3.76. The highest BCUT2D eigenvalue weighted by molar-refractivity contribution is 8.01. The lowest BCUT2D eigenvalue weighted by Crippen LogP contribution is -2.45. The molecule has 0 radical (unpaired) electrons. The fourth-order valence-electron chi connectivity index (χ4n) is 3.03. The van der Waals surface area contributed by atoms with Gasteiger partial charge in [-0.05, 0) is 25.0 Å². The van der Waals surface area contributed by atoms with E-state index in [9.17, 15) is 9.59 Å². The number of thioether (sulfide) groups is 1. The maximum atomic E-state index is 12.3. The number of nitrogens with one attached hydrogen (secondary N) is 1. The normalized spacial score (nSPS) is 31.7. The SMILES string of the molecule is CCCN1C=CC(C)C2SC(C(=O)NC[C@@H](N)C(=O)O)CC21. The topological polar surface area (TPSA) is 95.7 Å². The Bertz CT molecular complexity index is 457. The first-order chi connectivity index (χ1) is 10.4. The van der Waals surface area contributed by atoms with Gasteiger partial charge in [-0.15, -0.1) is 11.8 Å². The number of carboxylic acid groups (broad SMARTS) is 1. The van der Waals surface area contributed by atoms with Crippen LogP contribution in [0.25, 0.3) is 0 Å². The summed E-state index contributed by atoms with van der Waals surface area (Å²) in [5.74, 6) is -0.748. The second-order valence-electron chi connectivity index (χ2n) is 6.02. The number of rotatable bonds is 6. The predicted octanol–water partition coefficient (Wildman–Crippen LogP) is 0.633. The van der Waals surface area contributed by atoms with E-state index in [0.29, 0.717) is 17.2 Å². The minimum absolute atomic E-state index is 0.0208. The molecule has 5 atom stereocenters. The van der Waals surface area contributed by atoms with E-state index < -0.39 is 12.0 Å². The van der Waals surface area contributed by atoms with Crippen LogP contribution in [0.1, 0.15) is 26.7 Å². The van der Waals surface area contributed by atoms with Crippen molar-refractivity contribution in [3.05, 3.63) is 12.3 Å². The van der Waals surface area contributed by atoms with Gasteiger partial charge in [-0.3, -0.25) is 9.59 Å². The number of carbonyl (C=O) groups is 2. The number of carboxylic acids is 1. The first-order valence-electron chi connectivity index (χ1n) is 7.79. The van der Waals surface area contributed by atoms with Crippen molar-refractivity contribution in [2.24, 2.45) is 11.7 Å². The molecule has 0 aromatic rings. The molecule has 0 saturated carbocycles. The van der Waals surface area contributed by atoms with Crippen LogP contribution in [0.2, 0.25) is 0 Å². The van der Waals surface area contributed by atoms with Gasteiger partial charge in [-0.2, -0.15) is 0 Å². The smallest absolute Gasteiger partial charge is 0.322 e. The Labute approximate surface area is 135 Å². The zero-order valence-electron chi connectivity index (χ0n) is 13.1. The fraction of sp³-hybridized carbons (Fsp3) is 0.733. The lowest BCUT2D eigenvalue weighted by molar-refractivity contribution is -0.138. The highest BCUT2D eigenvalue weighted by Gasteiger charge is 2.44. The molecule has 6 nitrogen and oxygen atoms in total. The number of nitrogens with two attached hydrogens (primary N) is 1. The van der Waals surface area contributed by atoms with Gasteiger partial charge < -0.3 is 21.1 Å². The molecule has 22 heavy (non-hydrogen) atoms. The molecule has 2 heterocycles. The van der Waals surface area contributed by atoms with Gasteiger partial charge in [0.1, 0.15) is 6.04 Å². The van der Waals surface area contributed by atoms with E-state index in [0.717, 1.165) is 19.4 Å². The van der Waals surface area contributed by atoms with Crippen LogP contribution in [-0.2, 0) is 9.59 Å². The molecule has 2 rings (SSSR count). The largest absolute Gasteiger partial charge is 0.480 e. The highest BCUT2D eigenvalue weighted by atomic mass is 32.2. The number of fused-ring (bicyclic) bond motifs is 1. The van der Waals surface area contributed by atoms with E-state index in [1.165, 1.54) is 0 Å². The number of carbonyl (C=O) groups excluding carboxylic acids is 1. The lowest BCUT2D eigenvalue weighted by atomic mass is 9.93. The van der Waals surface area contributed by atoms with Crippen molar-refractivity contribution in [2.75, 3.05) is 13.1 Å². The Morgan fingerprint density at radius 1 is 1.55 bits per heavy atom. The Hall–Kier alpha value is -1.21. The zero-order valence-corrected chi connectivity index (χ0v) is 13.9. The van der Waals surface area contributed by atoms with Crippen LogP contribution in [0.5, 0.6) is 0 Å². The van der Waals surface area contributed by atoms with Gasteiger partial charge in [0.2, 0.25) is 5.91 Å². The lowest BCUT2D eigenvalue weighted by Gasteiger charge is -2.37. The maximum absolute atomic E-state index is 12.3. The van der Waals surface area contributed by atoms with Gasteiger partial charge in [-0.1, -0.05) is 19.9 Å². The summed E-state index contributed by atoms with van der Waals surface area (Å²) in [6, 6.07) is -0.663. The minimum atomic E-state index is -1.10. The average molecular weight is 327 g/mol. The monoisotopic (exact) mass is 327 g/mol. The summed E-state index contributed by atoms with van der Waals surface area (Å²) >= 11 is 1.71. The number of hydrogen-bond donors (Lipinski definition) is 3. The third-order valence-electron chi connectivity index (χ3n) is 4.27. The van der Waals surface area contributed by atoms with Crippen molar-refractivity contribution >= 4 is 23.6 Å². The van der Waals surface area contributed by atoms with Gasteiger partial charge in [0.05, 0.1) is 5.25 Å². The summed E-state index contributed by atoms with van der Waals surface area (Å²) in [5.41, 5.74) is 5.42. The molecule has 0 aromatic carbocycles. The first-order valence-corrected chi connectivity index (χ1v) is 8.74. The summed E-state index contributed by atoms with van der Waals surface area (Å²) in [6.07, 6.45) is 6.26. The Morgan fingerprint density at radius 2 is 2.27 bits per heavy atom. The molecule has 0 aliphatic carbocycles. The molecule has 4 N–H and O–H groups in total. The van der Waals surface area contributed by atoms with Gasteiger partial charge in [-0.25, -0.2) is 0 Å². The van der Waals surface area contributed by atoms with Crippen molar-refractivity contribution in [1.29, 1.82) is 0 Å². The fourth-order valence-corrected chi connectivity index (χ4v) is 4.72. The number of amides is 1. The molecule has 0 aromatic heterocycles. The second kappa shape index (κ2) is 7.37. The number of aliphatic carboxylic acids is 1. The van der Waals surface area contributed by atoms with Gasteiger partial charge >= 0.3 is 5.97 Å². The number of allylic oxidation sites excluding steroid dienone is 1. The average Bonchev–Trinajstić information content (AvgIpc) is 2.93. The van der Waals surface area contributed by atoms with Crippen LogP contribution >= 0.6 is 11.8 Å². The van der Waals surface area contributed by atoms with Crippen LogP contribution in [-0.4, -0.2) is 57.6 Å². The van der Waals surface area contributed by atoms with E-state index in [2.05, 4.69) is 36.3 Å². The van der Waals surface area contributed by atoms with Crippen molar-refractivity contribution in [1.82, 2.24) is 10.2 Å². The van der Waals surface area contributed by atoms with Gasteiger partial charge in [0.15, 0.2) is 0 Å². The molecule has 1 saturated heterocycles. The molecule has 124 valence electrons. The van der Waals surface area contributed by atoms with E-state index in [-0.39, 0.29) is 17.7 Å². The molecular weight excluding hydrogens is 302 g/mol. The second-order valence-corrected chi connectivity index (χ2v) is 7.41. The molecule has 2 aliphatic rings. The van der Waals surface area contributed by atoms with Crippen LogP contribution in [0.4, 0.5) is 0 Å². The molecule has 7 heteroatoms. The summed E-state index contributed by atoms with van der Waals surface area (Å²) in [5, 5.41) is 11.7. The molecule has 2 aliphatic heterocycles. The van der Waals surface area contributed by atoms with Crippen molar-refractivity contribution in [3.8, 4) is 0 Å². The quantitative estimate of drug-likeness (QED) is 0.662. The molecule has 0 spiro atoms. The number of hydrogen-bond acceptors (Lipinski definition) is 5. The predicted molar refractivity (Wildman–Crippen MR) is 87.5 cm³/mol. The Kier molecular flexibility index (Phi) is 5.74. The summed E-state index contributed by atoms with van der Waals surface area (Å²) in [6.45, 7) is 5.32. The van der Waals surface area contributed by atoms with Crippen molar-refractivity contribution < 1.29 is 14.7 Å². The van der Waals surface area contributed by atoms with Crippen molar-refractivity contribution in [3.63, 3.8) is 0 Å². The zero-order chi connectivity index (χ0) is 16.3. The summed E-state index contributed by atoms with van der Waals surface area (Å²) < 4.78 is 0. The molecular formula is C15H25N3O3S. The van der Waals surface area contributed by atoms with Crippen LogP contribution < -0.4 is 11.1 Å². The molecule has 1 fully saturated rings.